The number of ketones is 1. The quantitative estimate of drug-likeness (QED) is 0.473. The number of hydrogen-bond donors (Lipinski definition) is 0. The minimum absolute atomic E-state index is 0.115. The van der Waals surface area contributed by atoms with Crippen LogP contribution in [0.25, 0.3) is 0 Å². The maximum atomic E-state index is 10.2. The van der Waals surface area contributed by atoms with Crippen molar-refractivity contribution in [1.29, 1.82) is 0 Å². The van der Waals surface area contributed by atoms with Crippen LogP contribution in [0, 0.1) is 0 Å². The molecule has 0 heterocycles. The number of methoxy groups -OCH3 is 1. The van der Waals surface area contributed by atoms with Gasteiger partial charge in [-0.05, 0) is 6.92 Å². The van der Waals surface area contributed by atoms with Crippen LogP contribution in [-0.4, -0.2) is 37.2 Å². The second kappa shape index (κ2) is 13.6. The summed E-state index contributed by atoms with van der Waals surface area (Å²) in [6.07, 6.45) is 0.488. The normalized spacial score (nSPS) is 10.4. The fourth-order valence-electron chi connectivity index (χ4n) is 0.936. The molecule has 0 aliphatic heterocycles. The van der Waals surface area contributed by atoms with Gasteiger partial charge in [-0.25, -0.2) is 0 Å². The molecule has 0 unspecified atom stereocenters. The zero-order valence-corrected chi connectivity index (χ0v) is 16.8. The fraction of sp³-hybridized carbons (Fsp3) is 0.857. The third-order valence-corrected chi connectivity index (χ3v) is 6.51. The van der Waals surface area contributed by atoms with Crippen LogP contribution in [0.3, 0.4) is 0 Å². The van der Waals surface area contributed by atoms with Crippen molar-refractivity contribution < 1.29 is 45.8 Å². The van der Waals surface area contributed by atoms with Gasteiger partial charge in [0.25, 0.3) is 0 Å². The third kappa shape index (κ3) is 19.9. The first-order valence-corrected chi connectivity index (χ1v) is 10.0. The predicted octanol–water partition coefficient (Wildman–Crippen LogP) is 2.76. The Morgan fingerprint density at radius 3 is 1.33 bits per heavy atom. The molecular formula is C14H29O6Zr. The fourth-order valence-corrected chi connectivity index (χ4v) is 4.18. The maximum Gasteiger partial charge on any atom is 0.313 e. The monoisotopic (exact) mass is 383 g/mol. The van der Waals surface area contributed by atoms with Gasteiger partial charge >= 0.3 is 97.3 Å². The van der Waals surface area contributed by atoms with E-state index in [1.807, 2.05) is 41.5 Å². The Bertz CT molecular complexity index is 267. The van der Waals surface area contributed by atoms with Gasteiger partial charge in [-0.1, -0.05) is 0 Å². The summed E-state index contributed by atoms with van der Waals surface area (Å²) >= 11 is -2.48. The Labute approximate surface area is 138 Å². The van der Waals surface area contributed by atoms with Gasteiger partial charge in [-0.15, -0.1) is 0 Å². The van der Waals surface area contributed by atoms with Crippen molar-refractivity contribution in [2.45, 2.75) is 73.2 Å². The van der Waals surface area contributed by atoms with E-state index < -0.39 is 29.0 Å². The molecular weight excluding hydrogens is 355 g/mol. The average Bonchev–Trinajstić information content (AvgIpc) is 2.25. The maximum absolute atomic E-state index is 10.2. The van der Waals surface area contributed by atoms with Crippen LogP contribution >= 0.6 is 0 Å². The largest absolute Gasteiger partial charge is 0.469 e. The molecule has 21 heavy (non-hydrogen) atoms. The minimum Gasteiger partial charge on any atom is -0.469 e. The molecule has 0 saturated heterocycles. The van der Waals surface area contributed by atoms with Crippen LogP contribution in [0.4, 0.5) is 0 Å². The molecule has 0 rings (SSSR count). The predicted molar refractivity (Wildman–Crippen MR) is 76.0 cm³/mol. The van der Waals surface area contributed by atoms with Crippen molar-refractivity contribution in [3.8, 4) is 0 Å². The van der Waals surface area contributed by atoms with Crippen LogP contribution < -0.4 is 0 Å². The van der Waals surface area contributed by atoms with Gasteiger partial charge in [-0.3, -0.25) is 9.59 Å². The molecule has 0 radical (unpaired) electrons. The van der Waals surface area contributed by atoms with Crippen molar-refractivity contribution in [1.82, 2.24) is 0 Å². The van der Waals surface area contributed by atoms with E-state index in [4.69, 9.17) is 8.44 Å². The smallest absolute Gasteiger partial charge is 0.313 e. The first kappa shape index (κ1) is 23.2. The van der Waals surface area contributed by atoms with E-state index in [0.717, 1.165) is 0 Å². The third-order valence-electron chi connectivity index (χ3n) is 1.62. The summed E-state index contributed by atoms with van der Waals surface area (Å²) in [7, 11) is 1.26. The molecule has 0 spiro atoms. The molecule has 0 aliphatic carbocycles. The Kier molecular flexibility index (Phi) is 15.0. The summed E-state index contributed by atoms with van der Waals surface area (Å²) < 4.78 is 21.1. The van der Waals surface area contributed by atoms with Gasteiger partial charge in [0.1, 0.15) is 12.2 Å². The first-order valence-electron chi connectivity index (χ1n) is 7.01. The zero-order valence-electron chi connectivity index (χ0n) is 14.4. The van der Waals surface area contributed by atoms with E-state index in [2.05, 4.69) is 4.74 Å². The van der Waals surface area contributed by atoms with Crippen molar-refractivity contribution in [3.05, 3.63) is 0 Å². The molecule has 6 nitrogen and oxygen atoms in total. The zero-order chi connectivity index (χ0) is 17.0. The van der Waals surface area contributed by atoms with Crippen molar-refractivity contribution >= 4 is 11.8 Å². The van der Waals surface area contributed by atoms with Gasteiger partial charge in [-0.2, -0.15) is 0 Å². The molecule has 7 heteroatoms. The summed E-state index contributed by atoms with van der Waals surface area (Å²) in [5.41, 5.74) is 0. The molecule has 0 N–H and O–H groups in total. The number of rotatable bonds is 8. The second-order valence-corrected chi connectivity index (χ2v) is 8.17. The molecule has 0 aromatic carbocycles. The first-order chi connectivity index (χ1) is 9.58. The van der Waals surface area contributed by atoms with Crippen LogP contribution in [-0.2, 0) is 45.8 Å². The van der Waals surface area contributed by atoms with Gasteiger partial charge < -0.3 is 4.74 Å². The molecule has 0 aromatic heterocycles. The molecule has 0 bridgehead atoms. The Morgan fingerprint density at radius 1 is 0.857 bits per heavy atom. The summed E-state index contributed by atoms with van der Waals surface area (Å²) in [4.78, 5) is 20.3. The van der Waals surface area contributed by atoms with Crippen LogP contribution in [0.2, 0.25) is 0 Å². The second-order valence-electron chi connectivity index (χ2n) is 5.20. The van der Waals surface area contributed by atoms with Crippen molar-refractivity contribution in [2.75, 3.05) is 7.11 Å². The van der Waals surface area contributed by atoms with E-state index in [1.165, 1.54) is 14.0 Å². The van der Waals surface area contributed by atoms with Crippen molar-refractivity contribution in [2.24, 2.45) is 0 Å². The van der Waals surface area contributed by atoms with Crippen LogP contribution in [0.1, 0.15) is 54.9 Å². The summed E-state index contributed by atoms with van der Waals surface area (Å²) in [6.45, 7) is 13.4. The van der Waals surface area contributed by atoms with Gasteiger partial charge in [0, 0.05) is 0 Å². The number of carbonyl (C=O) groups excluding carboxylic acids is 2. The number of hydrogen-bond acceptors (Lipinski definition) is 6. The Morgan fingerprint density at radius 2 is 1.19 bits per heavy atom. The topological polar surface area (TPSA) is 71.1 Å². The van der Waals surface area contributed by atoms with Gasteiger partial charge in [0.05, 0.1) is 7.11 Å². The number of esters is 1. The number of ether oxygens (including phenoxy) is 1. The molecule has 0 fully saturated rings. The molecule has 125 valence electrons. The van der Waals surface area contributed by atoms with E-state index in [-0.39, 0.29) is 30.5 Å². The standard InChI is InChI=1S/C5H8O3.3C3H7O.Zr/c1-4(6)3-5(7)8-2;3*1-3(2)4;/h3H2,1-2H3;3*3H,1-2H3;/q;3*-1;+3. The van der Waals surface area contributed by atoms with Crippen LogP contribution in [0.15, 0.2) is 0 Å². The minimum atomic E-state index is -2.48. The molecule has 0 saturated carbocycles. The number of Topliss-reactive ketones (excluding diaryl/α,β-unsaturated/α-hetero) is 1. The van der Waals surface area contributed by atoms with E-state index in [0.29, 0.717) is 0 Å². The van der Waals surface area contributed by atoms with Crippen LogP contribution in [0.5, 0.6) is 0 Å². The summed E-state index contributed by atoms with van der Waals surface area (Å²) in [5.74, 6) is -0.644. The summed E-state index contributed by atoms with van der Waals surface area (Å²) in [5, 5.41) is 0. The average molecular weight is 385 g/mol. The molecule has 0 atom stereocenters. The Balaban J connectivity index is 0. The van der Waals surface area contributed by atoms with E-state index in [1.54, 1.807) is 0 Å². The molecule has 0 aromatic rings. The van der Waals surface area contributed by atoms with Gasteiger partial charge in [0.15, 0.2) is 0 Å². The van der Waals surface area contributed by atoms with E-state index >= 15 is 0 Å². The van der Waals surface area contributed by atoms with Gasteiger partial charge in [0.2, 0.25) is 0 Å². The molecule has 0 amide bonds. The number of carbonyl (C=O) groups is 2. The summed E-state index contributed by atoms with van der Waals surface area (Å²) in [6, 6.07) is 0. The van der Waals surface area contributed by atoms with E-state index in [9.17, 15) is 9.59 Å². The molecule has 0 aliphatic rings. The van der Waals surface area contributed by atoms with Crippen molar-refractivity contribution in [3.63, 3.8) is 0 Å². The Hall–Kier alpha value is -0.0969. The SMILES string of the molecule is CC(C)[O][Zr]([O]C(C)C)[O]C(C)C.COC(=O)CC(C)=O.